The molecule has 102 valence electrons. The molecule has 1 fully saturated rings. The van der Waals surface area contributed by atoms with Crippen LogP contribution in [0.1, 0.15) is 0 Å². The van der Waals surface area contributed by atoms with Crippen LogP contribution in [-0.4, -0.2) is 30.1 Å². The van der Waals surface area contributed by atoms with Crippen molar-refractivity contribution in [1.29, 1.82) is 0 Å². The molecule has 20 heavy (non-hydrogen) atoms. The number of nitrogen functional groups attached to an aromatic ring is 1. The SMILES string of the molecule is Nc1cc(-c2ccc(N3CC(=O)NC(=O)C3)cc2)on1. The van der Waals surface area contributed by atoms with E-state index in [1.165, 1.54) is 0 Å². The maximum atomic E-state index is 11.3. The number of nitrogens with zero attached hydrogens (tertiary/aromatic N) is 2. The first kappa shape index (κ1) is 12.2. The van der Waals surface area contributed by atoms with Gasteiger partial charge in [-0.1, -0.05) is 5.16 Å². The van der Waals surface area contributed by atoms with E-state index in [1.54, 1.807) is 11.0 Å². The molecule has 2 amide bonds. The van der Waals surface area contributed by atoms with E-state index in [9.17, 15) is 9.59 Å². The van der Waals surface area contributed by atoms with Crippen LogP contribution >= 0.6 is 0 Å². The van der Waals surface area contributed by atoms with Crippen LogP contribution in [0.2, 0.25) is 0 Å². The maximum absolute atomic E-state index is 11.3. The van der Waals surface area contributed by atoms with E-state index < -0.39 is 0 Å². The van der Waals surface area contributed by atoms with Crippen LogP contribution in [0.15, 0.2) is 34.9 Å². The molecule has 1 saturated heterocycles. The first-order chi connectivity index (χ1) is 9.61. The quantitative estimate of drug-likeness (QED) is 0.767. The summed E-state index contributed by atoms with van der Waals surface area (Å²) in [6, 6.07) is 8.92. The van der Waals surface area contributed by atoms with E-state index in [-0.39, 0.29) is 24.9 Å². The number of amides is 2. The standard InChI is InChI=1S/C13H12N4O3/c14-11-5-10(20-16-11)8-1-3-9(4-2-8)17-6-12(18)15-13(19)7-17/h1-5H,6-7H2,(H2,14,16)(H,15,18,19). The monoisotopic (exact) mass is 272 g/mol. The highest BCUT2D eigenvalue weighted by Crippen LogP contribution is 2.24. The summed E-state index contributed by atoms with van der Waals surface area (Å²) >= 11 is 0. The fourth-order valence-electron chi connectivity index (χ4n) is 2.08. The van der Waals surface area contributed by atoms with Crippen molar-refractivity contribution < 1.29 is 14.1 Å². The second-order valence-electron chi connectivity index (χ2n) is 4.49. The fourth-order valence-corrected chi connectivity index (χ4v) is 2.08. The van der Waals surface area contributed by atoms with Gasteiger partial charge in [0.1, 0.15) is 0 Å². The average molecular weight is 272 g/mol. The van der Waals surface area contributed by atoms with Gasteiger partial charge in [-0.25, -0.2) is 0 Å². The zero-order valence-electron chi connectivity index (χ0n) is 10.5. The minimum absolute atomic E-state index is 0.167. The number of nitrogens with two attached hydrogens (primary N) is 1. The van der Waals surface area contributed by atoms with Gasteiger partial charge in [-0.15, -0.1) is 0 Å². The molecule has 1 aliphatic rings. The predicted octanol–water partition coefficient (Wildman–Crippen LogP) is 0.387. The predicted molar refractivity (Wildman–Crippen MR) is 71.7 cm³/mol. The highest BCUT2D eigenvalue weighted by molar-refractivity contribution is 6.02. The zero-order chi connectivity index (χ0) is 14.1. The fraction of sp³-hybridized carbons (Fsp3) is 0.154. The third-order valence-corrected chi connectivity index (χ3v) is 2.99. The number of nitrogens with one attached hydrogen (secondary N) is 1. The van der Waals surface area contributed by atoms with Gasteiger partial charge in [0.25, 0.3) is 0 Å². The summed E-state index contributed by atoms with van der Waals surface area (Å²) in [6.07, 6.45) is 0. The summed E-state index contributed by atoms with van der Waals surface area (Å²) in [5, 5.41) is 5.88. The van der Waals surface area contributed by atoms with E-state index in [0.29, 0.717) is 11.6 Å². The average Bonchev–Trinajstić information content (AvgIpc) is 2.84. The van der Waals surface area contributed by atoms with Gasteiger partial charge in [-0.2, -0.15) is 0 Å². The lowest BCUT2D eigenvalue weighted by molar-refractivity contribution is -0.130. The normalized spacial score (nSPS) is 15.3. The van der Waals surface area contributed by atoms with Gasteiger partial charge in [0.15, 0.2) is 11.6 Å². The molecule has 2 heterocycles. The van der Waals surface area contributed by atoms with Crippen LogP contribution in [0.25, 0.3) is 11.3 Å². The Morgan fingerprint density at radius 3 is 2.35 bits per heavy atom. The van der Waals surface area contributed by atoms with Crippen LogP contribution in [0.3, 0.4) is 0 Å². The first-order valence-electron chi connectivity index (χ1n) is 6.02. The topological polar surface area (TPSA) is 101 Å². The smallest absolute Gasteiger partial charge is 0.246 e. The van der Waals surface area contributed by atoms with Crippen molar-refractivity contribution in [3.63, 3.8) is 0 Å². The molecule has 0 bridgehead atoms. The molecule has 0 spiro atoms. The van der Waals surface area contributed by atoms with E-state index in [4.69, 9.17) is 10.3 Å². The second kappa shape index (κ2) is 4.69. The minimum atomic E-state index is -0.298. The summed E-state index contributed by atoms with van der Waals surface area (Å²) in [4.78, 5) is 24.4. The molecule has 1 aromatic heterocycles. The molecule has 3 N–H and O–H groups in total. The first-order valence-corrected chi connectivity index (χ1v) is 6.02. The van der Waals surface area contributed by atoms with Crippen molar-refractivity contribution in [2.75, 3.05) is 23.7 Å². The van der Waals surface area contributed by atoms with Crippen molar-refractivity contribution in [1.82, 2.24) is 10.5 Å². The lowest BCUT2D eigenvalue weighted by Crippen LogP contribution is -2.51. The highest BCUT2D eigenvalue weighted by Gasteiger charge is 2.22. The van der Waals surface area contributed by atoms with Gasteiger partial charge < -0.3 is 15.2 Å². The molecule has 3 rings (SSSR count). The molecule has 0 atom stereocenters. The van der Waals surface area contributed by atoms with Crippen molar-refractivity contribution in [2.24, 2.45) is 0 Å². The van der Waals surface area contributed by atoms with Crippen molar-refractivity contribution in [3.05, 3.63) is 30.3 Å². The molecule has 0 radical (unpaired) electrons. The van der Waals surface area contributed by atoms with E-state index in [0.717, 1.165) is 11.3 Å². The molecule has 7 heteroatoms. The van der Waals surface area contributed by atoms with Gasteiger partial charge in [-0.05, 0) is 24.3 Å². The maximum Gasteiger partial charge on any atom is 0.246 e. The van der Waals surface area contributed by atoms with Gasteiger partial charge in [0.2, 0.25) is 11.8 Å². The van der Waals surface area contributed by atoms with Crippen LogP contribution < -0.4 is 16.0 Å². The van der Waals surface area contributed by atoms with Gasteiger partial charge in [-0.3, -0.25) is 14.9 Å². The third-order valence-electron chi connectivity index (χ3n) is 2.99. The van der Waals surface area contributed by atoms with E-state index >= 15 is 0 Å². The number of imide groups is 1. The van der Waals surface area contributed by atoms with Gasteiger partial charge in [0.05, 0.1) is 13.1 Å². The number of piperazine rings is 1. The Hall–Kier alpha value is -2.83. The highest BCUT2D eigenvalue weighted by atomic mass is 16.5. The Bertz CT molecular complexity index is 647. The van der Waals surface area contributed by atoms with Crippen LogP contribution in [0.5, 0.6) is 0 Å². The molecule has 0 aliphatic carbocycles. The second-order valence-corrected chi connectivity index (χ2v) is 4.49. The van der Waals surface area contributed by atoms with Gasteiger partial charge in [0, 0.05) is 17.3 Å². The van der Waals surface area contributed by atoms with E-state index in [2.05, 4.69) is 10.5 Å². The zero-order valence-corrected chi connectivity index (χ0v) is 10.5. The lowest BCUT2D eigenvalue weighted by Gasteiger charge is -2.27. The number of benzene rings is 1. The molecule has 1 aliphatic heterocycles. The van der Waals surface area contributed by atoms with E-state index in [1.807, 2.05) is 24.3 Å². The summed E-state index contributed by atoms with van der Waals surface area (Å²) in [7, 11) is 0. The number of hydrogen-bond donors (Lipinski definition) is 2. The molecular formula is C13H12N4O3. The largest absolute Gasteiger partial charge is 0.381 e. The number of carbonyl (C=O) groups is 2. The number of anilines is 2. The van der Waals surface area contributed by atoms with Crippen LogP contribution in [0.4, 0.5) is 11.5 Å². The Balaban J connectivity index is 1.82. The summed E-state index contributed by atoms with van der Waals surface area (Å²) in [5.74, 6) is 0.297. The summed E-state index contributed by atoms with van der Waals surface area (Å²) in [6.45, 7) is 0.334. The van der Waals surface area contributed by atoms with Crippen LogP contribution in [0, 0.1) is 0 Å². The Morgan fingerprint density at radius 2 is 1.80 bits per heavy atom. The lowest BCUT2D eigenvalue weighted by atomic mass is 10.1. The van der Waals surface area contributed by atoms with Crippen molar-refractivity contribution in [2.45, 2.75) is 0 Å². The third kappa shape index (κ3) is 2.33. The summed E-state index contributed by atoms with van der Waals surface area (Å²) in [5.41, 5.74) is 7.12. The Labute approximate surface area is 114 Å². The van der Waals surface area contributed by atoms with Crippen LogP contribution in [-0.2, 0) is 9.59 Å². The van der Waals surface area contributed by atoms with Gasteiger partial charge >= 0.3 is 0 Å². The molecule has 0 saturated carbocycles. The number of carbonyl (C=O) groups excluding carboxylic acids is 2. The molecule has 1 aromatic carbocycles. The number of aromatic nitrogens is 1. The Morgan fingerprint density at radius 1 is 1.15 bits per heavy atom. The Kier molecular flexibility index (Phi) is 2.86. The molecule has 0 unspecified atom stereocenters. The molecule has 2 aromatic rings. The summed E-state index contributed by atoms with van der Waals surface area (Å²) < 4.78 is 5.06. The number of hydrogen-bond acceptors (Lipinski definition) is 6. The van der Waals surface area contributed by atoms with Crippen molar-refractivity contribution >= 4 is 23.3 Å². The molecule has 7 nitrogen and oxygen atoms in total. The molecular weight excluding hydrogens is 260 g/mol. The van der Waals surface area contributed by atoms with Crippen molar-refractivity contribution in [3.8, 4) is 11.3 Å². The minimum Gasteiger partial charge on any atom is -0.381 e. The number of rotatable bonds is 2.